The van der Waals surface area contributed by atoms with Crippen molar-refractivity contribution < 1.29 is 22.5 Å². The number of hydrogen-bond acceptors (Lipinski definition) is 5. The van der Waals surface area contributed by atoms with E-state index in [-0.39, 0.29) is 22.7 Å². The van der Waals surface area contributed by atoms with Crippen molar-refractivity contribution in [2.75, 3.05) is 13.1 Å². The lowest BCUT2D eigenvalue weighted by molar-refractivity contribution is -0.136. The number of fused-ring (bicyclic) bond motifs is 1. The van der Waals surface area contributed by atoms with E-state index in [2.05, 4.69) is 15.4 Å². The Kier molecular flexibility index (Phi) is 4.79. The Morgan fingerprint density at radius 1 is 1.28 bits per heavy atom. The van der Waals surface area contributed by atoms with Crippen LogP contribution in [0.15, 0.2) is 22.9 Å². The summed E-state index contributed by atoms with van der Waals surface area (Å²) in [5.74, 6) is 0.435. The van der Waals surface area contributed by atoms with Crippen LogP contribution in [-0.4, -0.2) is 43.7 Å². The summed E-state index contributed by atoms with van der Waals surface area (Å²) in [5.41, 5.74) is -1.49. The molecule has 3 aromatic heterocycles. The molecule has 154 valence electrons. The SMILES string of the molecule is CCN(CC)C(=O)c1cc(-c2ccn3c(CC4CC4)nnc3c2C(F)(F)F)on1. The fraction of sp³-hybridized carbons (Fsp3) is 0.474. The Bertz CT molecular complexity index is 1050. The maximum atomic E-state index is 13.9. The Hall–Kier alpha value is -2.91. The van der Waals surface area contributed by atoms with E-state index in [0.29, 0.717) is 31.3 Å². The molecule has 0 aliphatic heterocycles. The number of alkyl halides is 3. The van der Waals surface area contributed by atoms with E-state index >= 15 is 0 Å². The van der Waals surface area contributed by atoms with Gasteiger partial charge in [-0.25, -0.2) is 0 Å². The normalized spacial score (nSPS) is 14.5. The van der Waals surface area contributed by atoms with Gasteiger partial charge in [-0.05, 0) is 38.7 Å². The molecule has 3 aromatic rings. The zero-order valence-electron chi connectivity index (χ0n) is 16.0. The Morgan fingerprint density at radius 3 is 2.62 bits per heavy atom. The smallest absolute Gasteiger partial charge is 0.355 e. The molecule has 1 fully saturated rings. The minimum Gasteiger partial charge on any atom is -0.355 e. The van der Waals surface area contributed by atoms with Crippen molar-refractivity contribution >= 4 is 11.6 Å². The molecule has 3 heterocycles. The van der Waals surface area contributed by atoms with Crippen molar-refractivity contribution in [2.24, 2.45) is 5.92 Å². The van der Waals surface area contributed by atoms with Crippen LogP contribution < -0.4 is 0 Å². The lowest BCUT2D eigenvalue weighted by Crippen LogP contribution is -2.30. The summed E-state index contributed by atoms with van der Waals surface area (Å²) in [4.78, 5) is 13.9. The standard InChI is InChI=1S/C19H20F3N5O2/c1-3-26(4-2)18(28)13-10-14(29-25-13)12-7-8-27-15(9-11-5-6-11)23-24-17(27)16(12)19(20,21)22/h7-8,10-11H,3-6,9H2,1-2H3. The summed E-state index contributed by atoms with van der Waals surface area (Å²) in [5, 5.41) is 11.5. The molecule has 10 heteroatoms. The molecule has 7 nitrogen and oxygen atoms in total. The van der Waals surface area contributed by atoms with Crippen LogP contribution in [-0.2, 0) is 12.6 Å². The number of carbonyl (C=O) groups is 1. The summed E-state index contributed by atoms with van der Waals surface area (Å²) in [6, 6.07) is 2.55. The van der Waals surface area contributed by atoms with E-state index in [1.807, 2.05) is 13.8 Å². The van der Waals surface area contributed by atoms with Gasteiger partial charge in [-0.2, -0.15) is 13.2 Å². The van der Waals surface area contributed by atoms with Crippen LogP contribution in [0.3, 0.4) is 0 Å². The van der Waals surface area contributed by atoms with Gasteiger partial charge in [0.1, 0.15) is 11.4 Å². The van der Waals surface area contributed by atoms with Crippen molar-refractivity contribution in [1.29, 1.82) is 0 Å². The topological polar surface area (TPSA) is 76.5 Å². The van der Waals surface area contributed by atoms with Crippen LogP contribution in [0.25, 0.3) is 17.0 Å². The first kappa shape index (κ1) is 19.4. The second kappa shape index (κ2) is 7.16. The van der Waals surface area contributed by atoms with Gasteiger partial charge in [0.05, 0.1) is 0 Å². The molecule has 4 rings (SSSR count). The number of pyridine rings is 1. The first-order valence-electron chi connectivity index (χ1n) is 9.53. The summed E-state index contributed by atoms with van der Waals surface area (Å²) in [6.07, 6.45) is -0.465. The molecule has 0 unspecified atom stereocenters. The van der Waals surface area contributed by atoms with Crippen molar-refractivity contribution in [3.63, 3.8) is 0 Å². The lowest BCUT2D eigenvalue weighted by Gasteiger charge is -2.16. The minimum atomic E-state index is -4.68. The largest absolute Gasteiger partial charge is 0.420 e. The van der Waals surface area contributed by atoms with Crippen LogP contribution in [0, 0.1) is 5.92 Å². The molecular weight excluding hydrogens is 387 g/mol. The number of carbonyl (C=O) groups excluding carboxylic acids is 1. The quantitative estimate of drug-likeness (QED) is 0.621. The van der Waals surface area contributed by atoms with E-state index in [9.17, 15) is 18.0 Å². The van der Waals surface area contributed by atoms with E-state index in [4.69, 9.17) is 4.52 Å². The summed E-state index contributed by atoms with van der Waals surface area (Å²) in [7, 11) is 0. The molecule has 1 saturated carbocycles. The van der Waals surface area contributed by atoms with Gasteiger partial charge in [0.15, 0.2) is 17.1 Å². The van der Waals surface area contributed by atoms with Gasteiger partial charge in [0, 0.05) is 37.3 Å². The fourth-order valence-corrected chi connectivity index (χ4v) is 3.38. The predicted molar refractivity (Wildman–Crippen MR) is 97.2 cm³/mol. The zero-order chi connectivity index (χ0) is 20.8. The third kappa shape index (κ3) is 3.58. The Balaban J connectivity index is 1.78. The van der Waals surface area contributed by atoms with Gasteiger partial charge in [0.25, 0.3) is 5.91 Å². The summed E-state index contributed by atoms with van der Waals surface area (Å²) >= 11 is 0. The van der Waals surface area contributed by atoms with Gasteiger partial charge in [-0.3, -0.25) is 9.20 Å². The zero-order valence-corrected chi connectivity index (χ0v) is 16.0. The minimum absolute atomic E-state index is 0.0346. The average molecular weight is 407 g/mol. The van der Waals surface area contributed by atoms with Crippen LogP contribution in [0.1, 0.15) is 48.6 Å². The molecule has 0 bridgehead atoms. The predicted octanol–water partition coefficient (Wildman–Crippen LogP) is 3.84. The number of aromatic nitrogens is 4. The van der Waals surface area contributed by atoms with Gasteiger partial charge < -0.3 is 9.42 Å². The van der Waals surface area contributed by atoms with Gasteiger partial charge in [-0.1, -0.05) is 5.16 Å². The second-order valence-corrected chi connectivity index (χ2v) is 7.11. The molecule has 1 aliphatic carbocycles. The molecule has 0 atom stereocenters. The van der Waals surface area contributed by atoms with Gasteiger partial charge >= 0.3 is 6.18 Å². The molecule has 1 aliphatic rings. The van der Waals surface area contributed by atoms with Gasteiger partial charge in [-0.15, -0.1) is 10.2 Å². The number of nitrogens with zero attached hydrogens (tertiary/aromatic N) is 5. The maximum absolute atomic E-state index is 13.9. The van der Waals surface area contributed by atoms with Crippen molar-refractivity contribution in [1.82, 2.24) is 24.7 Å². The van der Waals surface area contributed by atoms with E-state index in [0.717, 1.165) is 12.8 Å². The number of hydrogen-bond donors (Lipinski definition) is 0. The third-order valence-electron chi connectivity index (χ3n) is 5.15. The highest BCUT2D eigenvalue weighted by Crippen LogP contribution is 2.40. The Morgan fingerprint density at radius 2 is 2.00 bits per heavy atom. The molecule has 0 aromatic carbocycles. The van der Waals surface area contributed by atoms with E-state index in [1.165, 1.54) is 27.6 Å². The van der Waals surface area contributed by atoms with E-state index < -0.39 is 17.6 Å². The van der Waals surface area contributed by atoms with Crippen LogP contribution in [0.5, 0.6) is 0 Å². The number of rotatable bonds is 6. The Labute approximate surface area is 164 Å². The fourth-order valence-electron chi connectivity index (χ4n) is 3.38. The molecule has 1 amide bonds. The highest BCUT2D eigenvalue weighted by Gasteiger charge is 2.39. The van der Waals surface area contributed by atoms with E-state index in [1.54, 1.807) is 0 Å². The molecule has 0 spiro atoms. The van der Waals surface area contributed by atoms with Crippen molar-refractivity contribution in [2.45, 2.75) is 39.3 Å². The highest BCUT2D eigenvalue weighted by atomic mass is 19.4. The molecular formula is C19H20F3N5O2. The summed E-state index contributed by atoms with van der Waals surface area (Å²) in [6.45, 7) is 4.53. The van der Waals surface area contributed by atoms with Gasteiger partial charge in [0.2, 0.25) is 0 Å². The molecule has 0 N–H and O–H groups in total. The molecule has 0 radical (unpaired) electrons. The first-order valence-corrected chi connectivity index (χ1v) is 9.53. The highest BCUT2D eigenvalue weighted by molar-refractivity contribution is 5.93. The first-order chi connectivity index (χ1) is 13.8. The molecule has 0 saturated heterocycles. The van der Waals surface area contributed by atoms with Crippen molar-refractivity contribution in [3.8, 4) is 11.3 Å². The average Bonchev–Trinajstić information content (AvgIpc) is 3.20. The monoisotopic (exact) mass is 407 g/mol. The van der Waals surface area contributed by atoms with Crippen LogP contribution in [0.2, 0.25) is 0 Å². The lowest BCUT2D eigenvalue weighted by atomic mass is 10.1. The van der Waals surface area contributed by atoms with Crippen LogP contribution >= 0.6 is 0 Å². The summed E-state index contributed by atoms with van der Waals surface area (Å²) < 4.78 is 48.3. The third-order valence-corrected chi connectivity index (χ3v) is 5.15. The second-order valence-electron chi connectivity index (χ2n) is 7.11. The number of halogens is 3. The van der Waals surface area contributed by atoms with Crippen molar-refractivity contribution in [3.05, 3.63) is 35.4 Å². The molecule has 29 heavy (non-hydrogen) atoms. The van der Waals surface area contributed by atoms with Crippen LogP contribution in [0.4, 0.5) is 13.2 Å². The number of amides is 1. The maximum Gasteiger partial charge on any atom is 0.420 e.